The van der Waals surface area contributed by atoms with Gasteiger partial charge in [-0.1, -0.05) is 11.6 Å². The van der Waals surface area contributed by atoms with Crippen LogP contribution in [0.15, 0.2) is 18.2 Å². The van der Waals surface area contributed by atoms with Crippen LogP contribution in [0, 0.1) is 16.7 Å². The van der Waals surface area contributed by atoms with Gasteiger partial charge in [0.05, 0.1) is 18.1 Å². The van der Waals surface area contributed by atoms with E-state index in [1.54, 1.807) is 0 Å². The van der Waals surface area contributed by atoms with Crippen LogP contribution in [0.2, 0.25) is 5.02 Å². The predicted molar refractivity (Wildman–Crippen MR) is 83.0 cm³/mol. The molecule has 0 atom stereocenters. The van der Waals surface area contributed by atoms with E-state index in [0.29, 0.717) is 6.61 Å². The molecule has 0 radical (unpaired) electrons. The van der Waals surface area contributed by atoms with E-state index in [1.807, 2.05) is 39.1 Å². The van der Waals surface area contributed by atoms with Crippen LogP contribution >= 0.6 is 11.6 Å². The summed E-state index contributed by atoms with van der Waals surface area (Å²) in [6.07, 6.45) is 2.85. The minimum atomic E-state index is -0.239. The fraction of sp³-hybridized carbons (Fsp3) is 0.562. The highest BCUT2D eigenvalue weighted by Crippen LogP contribution is 2.24. The lowest BCUT2D eigenvalue weighted by atomic mass is 9.89. The zero-order valence-electron chi connectivity index (χ0n) is 12.5. The molecule has 0 spiro atoms. The first kappa shape index (κ1) is 16.8. The minimum Gasteiger partial charge on any atom is -0.493 e. The zero-order valence-corrected chi connectivity index (χ0v) is 13.3. The summed E-state index contributed by atoms with van der Waals surface area (Å²) in [4.78, 5) is 0. The van der Waals surface area contributed by atoms with E-state index < -0.39 is 0 Å². The summed E-state index contributed by atoms with van der Waals surface area (Å²) in [5, 5.41) is 12.8. The van der Waals surface area contributed by atoms with Gasteiger partial charge in [0.1, 0.15) is 5.75 Å². The van der Waals surface area contributed by atoms with Crippen molar-refractivity contribution in [3.63, 3.8) is 0 Å². The Bertz CT molecular complexity index is 466. The summed E-state index contributed by atoms with van der Waals surface area (Å²) in [5.41, 5.74) is 0.828. The standard InChI is InChI=1S/C16H23ClN2O/c1-16(2,12-18)8-4-5-9-20-15-7-6-14(17)10-13(15)11-19-3/h6-7,10,19H,4-5,8-9,11H2,1-3H3. The highest BCUT2D eigenvalue weighted by atomic mass is 35.5. The second-order valence-corrected chi connectivity index (χ2v) is 6.02. The molecule has 1 aromatic carbocycles. The lowest BCUT2D eigenvalue weighted by molar-refractivity contribution is 0.292. The molecular formula is C16H23ClN2O. The number of rotatable bonds is 8. The van der Waals surface area contributed by atoms with Crippen LogP contribution in [-0.2, 0) is 6.54 Å². The Labute approximate surface area is 126 Å². The third kappa shape index (κ3) is 5.81. The predicted octanol–water partition coefficient (Wildman–Crippen LogP) is 4.16. The van der Waals surface area contributed by atoms with Crippen molar-refractivity contribution in [2.24, 2.45) is 5.41 Å². The number of hydrogen-bond acceptors (Lipinski definition) is 3. The first-order valence-electron chi connectivity index (χ1n) is 6.95. The topological polar surface area (TPSA) is 45.0 Å². The quantitative estimate of drug-likeness (QED) is 0.732. The van der Waals surface area contributed by atoms with E-state index in [9.17, 15) is 0 Å². The Morgan fingerprint density at radius 2 is 2.10 bits per heavy atom. The van der Waals surface area contributed by atoms with E-state index in [1.165, 1.54) is 0 Å². The molecule has 0 aliphatic heterocycles. The number of benzene rings is 1. The molecule has 110 valence electrons. The smallest absolute Gasteiger partial charge is 0.123 e. The van der Waals surface area contributed by atoms with Gasteiger partial charge in [-0.3, -0.25) is 0 Å². The summed E-state index contributed by atoms with van der Waals surface area (Å²) < 4.78 is 5.81. The monoisotopic (exact) mass is 294 g/mol. The van der Waals surface area contributed by atoms with E-state index in [2.05, 4.69) is 11.4 Å². The Morgan fingerprint density at radius 1 is 1.35 bits per heavy atom. The van der Waals surface area contributed by atoms with Gasteiger partial charge in [0, 0.05) is 17.1 Å². The fourth-order valence-corrected chi connectivity index (χ4v) is 2.12. The highest BCUT2D eigenvalue weighted by Gasteiger charge is 2.15. The largest absolute Gasteiger partial charge is 0.493 e. The number of halogens is 1. The van der Waals surface area contributed by atoms with Gasteiger partial charge in [0.15, 0.2) is 0 Å². The van der Waals surface area contributed by atoms with Crippen molar-refractivity contribution in [3.8, 4) is 11.8 Å². The molecule has 1 aromatic rings. The van der Waals surface area contributed by atoms with Gasteiger partial charge in [-0.05, 0) is 58.4 Å². The summed E-state index contributed by atoms with van der Waals surface area (Å²) in [7, 11) is 1.90. The molecule has 0 bridgehead atoms. The number of nitrogens with zero attached hydrogens (tertiary/aromatic N) is 1. The van der Waals surface area contributed by atoms with Crippen LogP contribution in [0.25, 0.3) is 0 Å². The van der Waals surface area contributed by atoms with Gasteiger partial charge in [-0.25, -0.2) is 0 Å². The molecule has 0 saturated heterocycles. The normalized spacial score (nSPS) is 11.2. The summed E-state index contributed by atoms with van der Waals surface area (Å²) in [5.74, 6) is 0.878. The van der Waals surface area contributed by atoms with Gasteiger partial charge >= 0.3 is 0 Å². The zero-order chi connectivity index (χ0) is 15.0. The SMILES string of the molecule is CNCc1cc(Cl)ccc1OCCCCC(C)(C)C#N. The van der Waals surface area contributed by atoms with Crippen LogP contribution in [0.3, 0.4) is 0 Å². The van der Waals surface area contributed by atoms with Crippen molar-refractivity contribution in [1.82, 2.24) is 5.32 Å². The molecule has 0 aliphatic rings. The van der Waals surface area contributed by atoms with Crippen molar-refractivity contribution < 1.29 is 4.74 Å². The molecule has 20 heavy (non-hydrogen) atoms. The van der Waals surface area contributed by atoms with Gasteiger partial charge in [-0.15, -0.1) is 0 Å². The molecule has 0 amide bonds. The maximum atomic E-state index is 8.95. The first-order chi connectivity index (χ1) is 9.48. The van der Waals surface area contributed by atoms with E-state index in [-0.39, 0.29) is 5.41 Å². The number of hydrogen-bond donors (Lipinski definition) is 1. The maximum Gasteiger partial charge on any atom is 0.123 e. The number of unbranched alkanes of at least 4 members (excludes halogenated alkanes) is 1. The van der Waals surface area contributed by atoms with Gasteiger partial charge in [0.2, 0.25) is 0 Å². The first-order valence-corrected chi connectivity index (χ1v) is 7.33. The van der Waals surface area contributed by atoms with Gasteiger partial charge < -0.3 is 10.1 Å². The van der Waals surface area contributed by atoms with E-state index in [4.69, 9.17) is 21.6 Å². The van der Waals surface area contributed by atoms with E-state index in [0.717, 1.165) is 42.1 Å². The van der Waals surface area contributed by atoms with Crippen molar-refractivity contribution in [1.29, 1.82) is 5.26 Å². The second kappa shape index (κ2) is 8.14. The van der Waals surface area contributed by atoms with Crippen molar-refractivity contribution >= 4 is 11.6 Å². The Kier molecular flexibility index (Phi) is 6.84. The molecule has 0 unspecified atom stereocenters. The summed E-state index contributed by atoms with van der Waals surface area (Å²) >= 11 is 5.99. The molecule has 0 aromatic heterocycles. The van der Waals surface area contributed by atoms with Crippen LogP contribution < -0.4 is 10.1 Å². The molecular weight excluding hydrogens is 272 g/mol. The van der Waals surface area contributed by atoms with Crippen molar-refractivity contribution in [2.45, 2.75) is 39.7 Å². The number of ether oxygens (including phenoxy) is 1. The van der Waals surface area contributed by atoms with Gasteiger partial charge in [0.25, 0.3) is 0 Å². The highest BCUT2D eigenvalue weighted by molar-refractivity contribution is 6.30. The van der Waals surface area contributed by atoms with Crippen LogP contribution in [0.4, 0.5) is 0 Å². The van der Waals surface area contributed by atoms with Gasteiger partial charge in [-0.2, -0.15) is 5.26 Å². The molecule has 1 N–H and O–H groups in total. The Balaban J connectivity index is 2.41. The minimum absolute atomic E-state index is 0.239. The Morgan fingerprint density at radius 3 is 2.75 bits per heavy atom. The summed E-state index contributed by atoms with van der Waals surface area (Å²) in [6.45, 7) is 5.34. The molecule has 0 saturated carbocycles. The van der Waals surface area contributed by atoms with Crippen LogP contribution in [0.1, 0.15) is 38.7 Å². The second-order valence-electron chi connectivity index (χ2n) is 5.58. The van der Waals surface area contributed by atoms with Crippen LogP contribution in [0.5, 0.6) is 5.75 Å². The molecule has 0 heterocycles. The third-order valence-electron chi connectivity index (χ3n) is 3.15. The average Bonchev–Trinajstić information content (AvgIpc) is 2.41. The molecule has 4 heteroatoms. The molecule has 1 rings (SSSR count). The van der Waals surface area contributed by atoms with Crippen molar-refractivity contribution in [2.75, 3.05) is 13.7 Å². The molecule has 0 fully saturated rings. The van der Waals surface area contributed by atoms with Crippen LogP contribution in [-0.4, -0.2) is 13.7 Å². The lowest BCUT2D eigenvalue weighted by Crippen LogP contribution is -2.10. The maximum absolute atomic E-state index is 8.95. The molecule has 0 aliphatic carbocycles. The number of nitrogens with one attached hydrogen (secondary N) is 1. The molecule has 3 nitrogen and oxygen atoms in total. The Hall–Kier alpha value is -1.24. The van der Waals surface area contributed by atoms with Crippen molar-refractivity contribution in [3.05, 3.63) is 28.8 Å². The van der Waals surface area contributed by atoms with E-state index >= 15 is 0 Å². The number of nitriles is 1. The summed E-state index contributed by atoms with van der Waals surface area (Å²) in [6, 6.07) is 7.99. The fourth-order valence-electron chi connectivity index (χ4n) is 1.92. The average molecular weight is 295 g/mol. The third-order valence-corrected chi connectivity index (χ3v) is 3.38. The lowest BCUT2D eigenvalue weighted by Gasteiger charge is -2.15.